The maximum atomic E-state index is 4.36. The van der Waals surface area contributed by atoms with Crippen LogP contribution in [0.3, 0.4) is 0 Å². The molecule has 1 aromatic carbocycles. The van der Waals surface area contributed by atoms with Gasteiger partial charge in [0.15, 0.2) is 0 Å². The van der Waals surface area contributed by atoms with Crippen LogP contribution in [0.1, 0.15) is 35.6 Å². The van der Waals surface area contributed by atoms with E-state index in [1.165, 1.54) is 29.7 Å². The molecule has 1 aliphatic carbocycles. The fourth-order valence-corrected chi connectivity index (χ4v) is 2.81. The van der Waals surface area contributed by atoms with Crippen molar-refractivity contribution in [2.45, 2.75) is 38.6 Å². The third kappa shape index (κ3) is 2.50. The Hall–Kier alpha value is -1.77. The lowest BCUT2D eigenvalue weighted by atomic mass is 9.75. The molecule has 1 aromatic heterocycles. The van der Waals surface area contributed by atoms with E-state index in [4.69, 9.17) is 0 Å². The number of hydrogen-bond donors (Lipinski definition) is 1. The molecular weight excluding hydrogens is 234 g/mol. The molecule has 2 aromatic rings. The van der Waals surface area contributed by atoms with E-state index in [2.05, 4.69) is 54.7 Å². The summed E-state index contributed by atoms with van der Waals surface area (Å²) in [4.78, 5) is 0. The molecule has 0 radical (unpaired) electrons. The Morgan fingerprint density at radius 2 is 1.84 bits per heavy atom. The van der Waals surface area contributed by atoms with Crippen LogP contribution in [0.25, 0.3) is 0 Å². The molecule has 3 rings (SSSR count). The number of anilines is 1. The third-order valence-corrected chi connectivity index (χ3v) is 4.06. The van der Waals surface area contributed by atoms with Crippen molar-refractivity contribution in [3.63, 3.8) is 0 Å². The van der Waals surface area contributed by atoms with Gasteiger partial charge < -0.3 is 5.32 Å². The van der Waals surface area contributed by atoms with Gasteiger partial charge in [-0.1, -0.05) is 29.8 Å². The van der Waals surface area contributed by atoms with Gasteiger partial charge in [0.2, 0.25) is 0 Å². The molecule has 3 nitrogen and oxygen atoms in total. The lowest BCUT2D eigenvalue weighted by molar-refractivity contribution is 0.374. The molecule has 1 N–H and O–H groups in total. The maximum Gasteiger partial charge on any atom is 0.0825 e. The number of benzene rings is 1. The van der Waals surface area contributed by atoms with Gasteiger partial charge in [0.25, 0.3) is 0 Å². The molecule has 1 saturated carbocycles. The SMILES string of the molecule is Cc1ccc(C2CC(Nc3cn(C)nc3C)C2)cc1. The normalized spacial score (nSPS) is 22.1. The monoisotopic (exact) mass is 255 g/mol. The average molecular weight is 255 g/mol. The van der Waals surface area contributed by atoms with Gasteiger partial charge in [0, 0.05) is 19.3 Å². The number of nitrogens with one attached hydrogen (secondary N) is 1. The second-order valence-electron chi connectivity index (χ2n) is 5.72. The number of aromatic nitrogens is 2. The lowest BCUT2D eigenvalue weighted by Gasteiger charge is -2.36. The summed E-state index contributed by atoms with van der Waals surface area (Å²) in [5.74, 6) is 0.718. The molecule has 19 heavy (non-hydrogen) atoms. The van der Waals surface area contributed by atoms with Gasteiger partial charge in [-0.3, -0.25) is 4.68 Å². The van der Waals surface area contributed by atoms with Crippen LogP contribution >= 0.6 is 0 Å². The Labute approximate surface area is 114 Å². The van der Waals surface area contributed by atoms with E-state index >= 15 is 0 Å². The van der Waals surface area contributed by atoms with E-state index in [9.17, 15) is 0 Å². The number of nitrogens with zero attached hydrogens (tertiary/aromatic N) is 2. The summed E-state index contributed by atoms with van der Waals surface area (Å²) in [6.07, 6.45) is 4.50. The van der Waals surface area contributed by atoms with Crippen molar-refractivity contribution in [3.05, 3.63) is 47.3 Å². The van der Waals surface area contributed by atoms with E-state index in [1.54, 1.807) is 0 Å². The predicted molar refractivity (Wildman–Crippen MR) is 78.5 cm³/mol. The Kier molecular flexibility index (Phi) is 3.05. The van der Waals surface area contributed by atoms with Crippen LogP contribution in [0.5, 0.6) is 0 Å². The molecule has 0 unspecified atom stereocenters. The summed E-state index contributed by atoms with van der Waals surface area (Å²) < 4.78 is 1.87. The molecule has 0 spiro atoms. The maximum absolute atomic E-state index is 4.36. The summed E-state index contributed by atoms with van der Waals surface area (Å²) in [5, 5.41) is 7.96. The first-order valence-corrected chi connectivity index (χ1v) is 6.95. The van der Waals surface area contributed by atoms with Crippen molar-refractivity contribution in [3.8, 4) is 0 Å². The topological polar surface area (TPSA) is 29.9 Å². The molecule has 1 heterocycles. The molecule has 0 atom stereocenters. The second-order valence-corrected chi connectivity index (χ2v) is 5.72. The zero-order valence-corrected chi connectivity index (χ0v) is 11.9. The zero-order chi connectivity index (χ0) is 13.4. The number of rotatable bonds is 3. The molecule has 0 amide bonds. The second kappa shape index (κ2) is 4.72. The van der Waals surface area contributed by atoms with Crippen molar-refractivity contribution < 1.29 is 0 Å². The van der Waals surface area contributed by atoms with E-state index in [1.807, 2.05) is 11.7 Å². The van der Waals surface area contributed by atoms with Gasteiger partial charge in [0.05, 0.1) is 11.4 Å². The van der Waals surface area contributed by atoms with Crippen molar-refractivity contribution in [1.82, 2.24) is 9.78 Å². The van der Waals surface area contributed by atoms with Gasteiger partial charge >= 0.3 is 0 Å². The van der Waals surface area contributed by atoms with Crippen LogP contribution in [0.2, 0.25) is 0 Å². The molecule has 0 saturated heterocycles. The summed E-state index contributed by atoms with van der Waals surface area (Å²) in [5.41, 5.74) is 5.08. The largest absolute Gasteiger partial charge is 0.380 e. The third-order valence-electron chi connectivity index (χ3n) is 4.06. The minimum Gasteiger partial charge on any atom is -0.380 e. The highest BCUT2D eigenvalue weighted by Gasteiger charge is 2.30. The van der Waals surface area contributed by atoms with Crippen molar-refractivity contribution in [2.24, 2.45) is 7.05 Å². The molecule has 1 fully saturated rings. The Morgan fingerprint density at radius 3 is 2.42 bits per heavy atom. The fourth-order valence-electron chi connectivity index (χ4n) is 2.81. The standard InChI is InChI=1S/C16H21N3/c1-11-4-6-13(7-5-11)14-8-15(9-14)17-16-10-19(3)18-12(16)2/h4-7,10,14-15,17H,8-9H2,1-3H3. The van der Waals surface area contributed by atoms with E-state index < -0.39 is 0 Å². The molecule has 0 aliphatic heterocycles. The van der Waals surface area contributed by atoms with Crippen LogP contribution < -0.4 is 5.32 Å². The first-order valence-electron chi connectivity index (χ1n) is 6.95. The quantitative estimate of drug-likeness (QED) is 0.911. The molecule has 1 aliphatic rings. The summed E-state index contributed by atoms with van der Waals surface area (Å²) >= 11 is 0. The van der Waals surface area contributed by atoms with Gasteiger partial charge in [0.1, 0.15) is 0 Å². The fraction of sp³-hybridized carbons (Fsp3) is 0.438. The van der Waals surface area contributed by atoms with Gasteiger partial charge in [-0.15, -0.1) is 0 Å². The average Bonchev–Trinajstić information content (AvgIpc) is 2.63. The summed E-state index contributed by atoms with van der Waals surface area (Å²) in [7, 11) is 1.97. The van der Waals surface area contributed by atoms with Crippen LogP contribution in [-0.2, 0) is 7.05 Å². The minimum absolute atomic E-state index is 0.592. The summed E-state index contributed by atoms with van der Waals surface area (Å²) in [6, 6.07) is 9.55. The van der Waals surface area contributed by atoms with Crippen molar-refractivity contribution >= 4 is 5.69 Å². The molecule has 100 valence electrons. The van der Waals surface area contributed by atoms with Gasteiger partial charge in [-0.25, -0.2) is 0 Å². The van der Waals surface area contributed by atoms with Crippen LogP contribution in [0.15, 0.2) is 30.5 Å². The first kappa shape index (κ1) is 12.3. The lowest BCUT2D eigenvalue weighted by Crippen LogP contribution is -2.34. The summed E-state index contributed by atoms with van der Waals surface area (Å²) in [6.45, 7) is 4.19. The Bertz CT molecular complexity index is 562. The van der Waals surface area contributed by atoms with Gasteiger partial charge in [-0.05, 0) is 38.2 Å². The van der Waals surface area contributed by atoms with Crippen molar-refractivity contribution in [2.75, 3.05) is 5.32 Å². The number of aryl methyl sites for hydroxylation is 3. The molecular formula is C16H21N3. The van der Waals surface area contributed by atoms with E-state index in [0.29, 0.717) is 6.04 Å². The molecule has 0 bridgehead atoms. The van der Waals surface area contributed by atoms with E-state index in [0.717, 1.165) is 11.6 Å². The van der Waals surface area contributed by atoms with Crippen LogP contribution in [0.4, 0.5) is 5.69 Å². The van der Waals surface area contributed by atoms with Crippen LogP contribution in [0, 0.1) is 13.8 Å². The highest BCUT2D eigenvalue weighted by molar-refractivity contribution is 5.47. The van der Waals surface area contributed by atoms with E-state index in [-0.39, 0.29) is 0 Å². The van der Waals surface area contributed by atoms with Crippen molar-refractivity contribution in [1.29, 1.82) is 0 Å². The Balaban J connectivity index is 1.58. The van der Waals surface area contributed by atoms with Crippen LogP contribution in [-0.4, -0.2) is 15.8 Å². The van der Waals surface area contributed by atoms with Gasteiger partial charge in [-0.2, -0.15) is 5.10 Å². The zero-order valence-electron chi connectivity index (χ0n) is 11.9. The highest BCUT2D eigenvalue weighted by atomic mass is 15.3. The smallest absolute Gasteiger partial charge is 0.0825 e. The predicted octanol–water partition coefficient (Wildman–Crippen LogP) is 3.40. The molecule has 3 heteroatoms. The minimum atomic E-state index is 0.592. The number of hydrogen-bond acceptors (Lipinski definition) is 2. The first-order chi connectivity index (χ1) is 9.11. The highest BCUT2D eigenvalue weighted by Crippen LogP contribution is 2.38. The Morgan fingerprint density at radius 1 is 1.16 bits per heavy atom.